The molecule has 7 heteroatoms. The first-order valence-corrected chi connectivity index (χ1v) is 7.05. The van der Waals surface area contributed by atoms with E-state index in [0.29, 0.717) is 6.61 Å². The van der Waals surface area contributed by atoms with Gasteiger partial charge in [-0.2, -0.15) is 0 Å². The molecule has 1 aliphatic rings. The highest BCUT2D eigenvalue weighted by Crippen LogP contribution is 2.22. The van der Waals surface area contributed by atoms with E-state index in [4.69, 9.17) is 14.6 Å². The largest absolute Gasteiger partial charge is 0.491 e. The van der Waals surface area contributed by atoms with Crippen molar-refractivity contribution in [3.8, 4) is 5.75 Å². The van der Waals surface area contributed by atoms with Gasteiger partial charge in [0.1, 0.15) is 24.3 Å². The molecule has 0 spiro atoms. The molecule has 1 atom stereocenters. The summed E-state index contributed by atoms with van der Waals surface area (Å²) in [4.78, 5) is -0.191. The predicted molar refractivity (Wildman–Crippen MR) is 60.8 cm³/mol. The third-order valence-electron chi connectivity index (χ3n) is 2.40. The van der Waals surface area contributed by atoms with Crippen LogP contribution in [0.5, 0.6) is 5.75 Å². The maximum absolute atomic E-state index is 13.3. The van der Waals surface area contributed by atoms with Crippen LogP contribution in [0.25, 0.3) is 0 Å². The summed E-state index contributed by atoms with van der Waals surface area (Å²) < 4.78 is 46.8. The minimum atomic E-state index is -3.68. The number of epoxide rings is 1. The van der Waals surface area contributed by atoms with Crippen molar-refractivity contribution in [1.82, 2.24) is 0 Å². The molecule has 0 saturated carbocycles. The first-order chi connectivity index (χ1) is 8.51. The van der Waals surface area contributed by atoms with E-state index in [9.17, 15) is 12.8 Å². The van der Waals surface area contributed by atoms with Crippen molar-refractivity contribution >= 4 is 9.84 Å². The van der Waals surface area contributed by atoms with E-state index in [1.54, 1.807) is 0 Å². The minimum absolute atomic E-state index is 0.00534. The summed E-state index contributed by atoms with van der Waals surface area (Å²) in [5.74, 6) is -0.996. The van der Waals surface area contributed by atoms with Gasteiger partial charge in [0.15, 0.2) is 9.84 Å². The van der Waals surface area contributed by atoms with E-state index in [1.165, 1.54) is 6.07 Å². The van der Waals surface area contributed by atoms with Crippen LogP contribution in [0.15, 0.2) is 23.1 Å². The van der Waals surface area contributed by atoms with Crippen LogP contribution in [0.2, 0.25) is 0 Å². The second-order valence-corrected chi connectivity index (χ2v) is 6.04. The van der Waals surface area contributed by atoms with Gasteiger partial charge in [0.25, 0.3) is 0 Å². The second kappa shape index (κ2) is 5.21. The van der Waals surface area contributed by atoms with Crippen molar-refractivity contribution in [2.75, 3.05) is 25.6 Å². The fourth-order valence-electron chi connectivity index (χ4n) is 1.39. The Morgan fingerprint density at radius 3 is 2.78 bits per heavy atom. The molecule has 1 heterocycles. The highest BCUT2D eigenvalue weighted by atomic mass is 32.2. The smallest absolute Gasteiger partial charge is 0.180 e. The summed E-state index contributed by atoms with van der Waals surface area (Å²) in [5, 5.41) is 8.67. The van der Waals surface area contributed by atoms with Gasteiger partial charge < -0.3 is 14.6 Å². The van der Waals surface area contributed by atoms with E-state index in [1.807, 2.05) is 0 Å². The third kappa shape index (κ3) is 3.41. The molecule has 0 unspecified atom stereocenters. The Balaban J connectivity index is 2.19. The number of aliphatic hydroxyl groups excluding tert-OH is 1. The fraction of sp³-hybridized carbons (Fsp3) is 0.455. The fourth-order valence-corrected chi connectivity index (χ4v) is 2.46. The van der Waals surface area contributed by atoms with Gasteiger partial charge in [-0.1, -0.05) is 0 Å². The lowest BCUT2D eigenvalue weighted by Gasteiger charge is -2.08. The van der Waals surface area contributed by atoms with Crippen molar-refractivity contribution in [3.63, 3.8) is 0 Å². The summed E-state index contributed by atoms with van der Waals surface area (Å²) in [6.07, 6.45) is 0.00534. The zero-order chi connectivity index (χ0) is 13.2. The molecule has 0 aliphatic carbocycles. The number of hydrogen-bond donors (Lipinski definition) is 1. The van der Waals surface area contributed by atoms with Gasteiger partial charge in [-0.3, -0.25) is 0 Å². The predicted octanol–water partition coefficient (Wildman–Crippen LogP) is 0.369. The number of ether oxygens (including phenoxy) is 2. The first kappa shape index (κ1) is 13.3. The number of hydrogen-bond acceptors (Lipinski definition) is 5. The standard InChI is InChI=1S/C11H13FO5S/c12-8-3-9(16-6-10-7-17-10)5-11(4-8)18(14,15)2-1-13/h3-5,10,13H,1-2,6-7H2/t10-/m1/s1. The van der Waals surface area contributed by atoms with Crippen LogP contribution in [0, 0.1) is 5.82 Å². The molecule has 100 valence electrons. The van der Waals surface area contributed by atoms with E-state index in [-0.39, 0.29) is 23.4 Å². The quantitative estimate of drug-likeness (QED) is 0.760. The molecule has 1 fully saturated rings. The summed E-state index contributed by atoms with van der Waals surface area (Å²) in [7, 11) is -3.68. The topological polar surface area (TPSA) is 76.1 Å². The molecule has 0 amide bonds. The zero-order valence-corrected chi connectivity index (χ0v) is 10.3. The van der Waals surface area contributed by atoms with Gasteiger partial charge in [0, 0.05) is 6.07 Å². The molecule has 1 aromatic carbocycles. The van der Waals surface area contributed by atoms with E-state index in [2.05, 4.69) is 0 Å². The molecule has 2 rings (SSSR count). The van der Waals surface area contributed by atoms with Crippen molar-refractivity contribution in [2.45, 2.75) is 11.0 Å². The SMILES string of the molecule is O=S(=O)(CCO)c1cc(F)cc(OC[C@@H]2CO2)c1. The summed E-state index contributed by atoms with van der Waals surface area (Å²) >= 11 is 0. The van der Waals surface area contributed by atoms with Crippen LogP contribution < -0.4 is 4.74 Å². The molecule has 18 heavy (non-hydrogen) atoms. The molecule has 1 N–H and O–H groups in total. The van der Waals surface area contributed by atoms with Crippen LogP contribution in [0.1, 0.15) is 0 Å². The van der Waals surface area contributed by atoms with Gasteiger partial charge in [0.05, 0.1) is 23.9 Å². The molecular formula is C11H13FO5S. The Morgan fingerprint density at radius 1 is 1.44 bits per heavy atom. The van der Waals surface area contributed by atoms with E-state index < -0.39 is 28.0 Å². The first-order valence-electron chi connectivity index (χ1n) is 5.40. The van der Waals surface area contributed by atoms with Crippen LogP contribution >= 0.6 is 0 Å². The average molecular weight is 276 g/mol. The van der Waals surface area contributed by atoms with Gasteiger partial charge in [-0.05, 0) is 12.1 Å². The van der Waals surface area contributed by atoms with Crippen LogP contribution in [-0.2, 0) is 14.6 Å². The molecule has 0 radical (unpaired) electrons. The third-order valence-corrected chi connectivity index (χ3v) is 4.08. The van der Waals surface area contributed by atoms with Gasteiger partial charge in [0.2, 0.25) is 0 Å². The summed E-state index contributed by atoms with van der Waals surface area (Å²) in [5.41, 5.74) is 0. The van der Waals surface area contributed by atoms with E-state index >= 15 is 0 Å². The highest BCUT2D eigenvalue weighted by Gasteiger charge is 2.23. The Morgan fingerprint density at radius 2 is 2.17 bits per heavy atom. The maximum Gasteiger partial charge on any atom is 0.180 e. The molecule has 1 aromatic rings. The Hall–Kier alpha value is -1.18. The van der Waals surface area contributed by atoms with Gasteiger partial charge in [-0.15, -0.1) is 0 Å². The normalized spacial score (nSPS) is 18.7. The minimum Gasteiger partial charge on any atom is -0.491 e. The van der Waals surface area contributed by atoms with Crippen molar-refractivity contribution in [2.24, 2.45) is 0 Å². The van der Waals surface area contributed by atoms with Crippen LogP contribution in [0.4, 0.5) is 4.39 Å². The van der Waals surface area contributed by atoms with Crippen LogP contribution in [-0.4, -0.2) is 45.2 Å². The summed E-state index contributed by atoms with van der Waals surface area (Å²) in [6, 6.07) is 3.27. The second-order valence-electron chi connectivity index (χ2n) is 3.93. The van der Waals surface area contributed by atoms with Gasteiger partial charge in [-0.25, -0.2) is 12.8 Å². The monoisotopic (exact) mass is 276 g/mol. The van der Waals surface area contributed by atoms with E-state index in [0.717, 1.165) is 12.1 Å². The molecule has 5 nitrogen and oxygen atoms in total. The number of benzene rings is 1. The Kier molecular flexibility index (Phi) is 3.84. The number of halogens is 1. The van der Waals surface area contributed by atoms with Crippen molar-refractivity contribution in [3.05, 3.63) is 24.0 Å². The zero-order valence-electron chi connectivity index (χ0n) is 9.50. The average Bonchev–Trinajstić information content (AvgIpc) is 3.09. The maximum atomic E-state index is 13.3. The van der Waals surface area contributed by atoms with Crippen molar-refractivity contribution in [1.29, 1.82) is 0 Å². The highest BCUT2D eigenvalue weighted by molar-refractivity contribution is 7.91. The number of aliphatic hydroxyl groups is 1. The molecular weight excluding hydrogens is 263 g/mol. The molecule has 1 saturated heterocycles. The number of rotatable bonds is 6. The Labute approximate surface area is 104 Å². The van der Waals surface area contributed by atoms with Crippen LogP contribution in [0.3, 0.4) is 0 Å². The lowest BCUT2D eigenvalue weighted by Crippen LogP contribution is -2.11. The van der Waals surface area contributed by atoms with Gasteiger partial charge >= 0.3 is 0 Å². The summed E-state index contributed by atoms with van der Waals surface area (Å²) in [6.45, 7) is 0.360. The lowest BCUT2D eigenvalue weighted by molar-refractivity contribution is 0.261. The lowest BCUT2D eigenvalue weighted by atomic mass is 10.3. The van der Waals surface area contributed by atoms with Crippen molar-refractivity contribution < 1.29 is 27.4 Å². The number of sulfone groups is 1. The Bertz CT molecular complexity index is 524. The molecule has 0 aromatic heterocycles. The molecule has 0 bridgehead atoms. The molecule has 1 aliphatic heterocycles.